The highest BCUT2D eigenvalue weighted by Crippen LogP contribution is 2.23. The summed E-state index contributed by atoms with van der Waals surface area (Å²) in [6.45, 7) is 1.72. The third kappa shape index (κ3) is 4.84. The highest BCUT2D eigenvalue weighted by atomic mass is 16.5. The molecule has 2 N–H and O–H groups in total. The molecule has 0 fully saturated rings. The molecule has 122 valence electrons. The number of anilines is 1. The van der Waals surface area contributed by atoms with Crippen molar-refractivity contribution in [2.45, 2.75) is 25.8 Å². The molecule has 0 spiro atoms. The monoisotopic (exact) mass is 317 g/mol. The summed E-state index contributed by atoms with van der Waals surface area (Å²) in [5, 5.41) is 15.3. The topological polar surface area (TPSA) is 93.5 Å². The Morgan fingerprint density at radius 3 is 2.87 bits per heavy atom. The zero-order chi connectivity index (χ0) is 16.8. The van der Waals surface area contributed by atoms with Crippen LogP contribution in [0.3, 0.4) is 0 Å². The van der Waals surface area contributed by atoms with E-state index in [4.69, 9.17) is 9.84 Å². The number of nitrogens with zero attached hydrogens (tertiary/aromatic N) is 2. The van der Waals surface area contributed by atoms with Gasteiger partial charge in [-0.2, -0.15) is 5.10 Å². The number of carbonyl (C=O) groups excluding carboxylic acids is 1. The maximum atomic E-state index is 12.1. The Hall–Kier alpha value is -2.83. The first kappa shape index (κ1) is 16.5. The van der Waals surface area contributed by atoms with Crippen molar-refractivity contribution in [1.82, 2.24) is 9.78 Å². The van der Waals surface area contributed by atoms with E-state index in [1.165, 1.54) is 10.9 Å². The molecule has 2 rings (SSSR count). The molecule has 1 amide bonds. The highest BCUT2D eigenvalue weighted by molar-refractivity contribution is 5.90. The van der Waals surface area contributed by atoms with Crippen LogP contribution in [0.4, 0.5) is 5.82 Å². The van der Waals surface area contributed by atoms with Gasteiger partial charge in [0, 0.05) is 18.7 Å². The Morgan fingerprint density at radius 2 is 2.17 bits per heavy atom. The van der Waals surface area contributed by atoms with Crippen LogP contribution in [0.25, 0.3) is 0 Å². The number of hydrogen-bond donors (Lipinski definition) is 2. The van der Waals surface area contributed by atoms with E-state index >= 15 is 0 Å². The van der Waals surface area contributed by atoms with Gasteiger partial charge in [0.15, 0.2) is 5.82 Å². The lowest BCUT2D eigenvalue weighted by Gasteiger charge is -2.12. The average molecular weight is 317 g/mol. The van der Waals surface area contributed by atoms with Crippen LogP contribution in [0.2, 0.25) is 0 Å². The number of carboxylic acid groups (broad SMARTS) is 1. The van der Waals surface area contributed by atoms with Crippen molar-refractivity contribution in [3.8, 4) is 5.75 Å². The van der Waals surface area contributed by atoms with Gasteiger partial charge in [-0.1, -0.05) is 19.1 Å². The number of amides is 1. The van der Waals surface area contributed by atoms with Crippen molar-refractivity contribution in [3.05, 3.63) is 42.1 Å². The molecule has 1 aromatic carbocycles. The van der Waals surface area contributed by atoms with Gasteiger partial charge in [0.2, 0.25) is 5.91 Å². The van der Waals surface area contributed by atoms with Gasteiger partial charge < -0.3 is 15.2 Å². The summed E-state index contributed by atoms with van der Waals surface area (Å²) in [4.78, 5) is 22.7. The van der Waals surface area contributed by atoms with Gasteiger partial charge in [-0.25, -0.2) is 0 Å². The Bertz CT molecular complexity index is 696. The first-order valence-corrected chi connectivity index (χ1v) is 7.17. The van der Waals surface area contributed by atoms with Crippen molar-refractivity contribution >= 4 is 17.7 Å². The maximum absolute atomic E-state index is 12.1. The normalized spacial score (nSPS) is 11.7. The molecule has 1 unspecified atom stereocenters. The van der Waals surface area contributed by atoms with E-state index < -0.39 is 5.97 Å². The predicted octanol–water partition coefficient (Wildman–Crippen LogP) is 2.11. The number of benzene rings is 1. The van der Waals surface area contributed by atoms with E-state index in [1.807, 2.05) is 31.2 Å². The van der Waals surface area contributed by atoms with E-state index in [0.29, 0.717) is 12.2 Å². The second kappa shape index (κ2) is 7.44. The number of carboxylic acids is 1. The summed E-state index contributed by atoms with van der Waals surface area (Å²) in [6.07, 6.45) is 1.80. The van der Waals surface area contributed by atoms with E-state index in [9.17, 15) is 9.59 Å². The predicted molar refractivity (Wildman–Crippen MR) is 84.5 cm³/mol. The molecule has 1 atom stereocenters. The fourth-order valence-electron chi connectivity index (χ4n) is 2.19. The Labute approximate surface area is 133 Å². The number of rotatable bonds is 7. The standard InChI is InChI=1S/C16H19N3O4/c1-11(12-4-3-5-13(9-12)23-2)8-15(20)17-14-6-7-19(18-14)10-16(21)22/h3-7,9,11H,8,10H2,1-2H3,(H,21,22)(H,17,18,20). The number of aromatic nitrogens is 2. The van der Waals surface area contributed by atoms with Crippen LogP contribution in [0.5, 0.6) is 5.75 Å². The fourth-order valence-corrected chi connectivity index (χ4v) is 2.19. The average Bonchev–Trinajstić information content (AvgIpc) is 2.93. The number of methoxy groups -OCH3 is 1. The minimum absolute atomic E-state index is 0.0196. The van der Waals surface area contributed by atoms with Gasteiger partial charge in [-0.05, 0) is 23.6 Å². The molecule has 0 aliphatic heterocycles. The number of ether oxygens (including phenoxy) is 1. The highest BCUT2D eigenvalue weighted by Gasteiger charge is 2.13. The first-order chi connectivity index (χ1) is 11.0. The van der Waals surface area contributed by atoms with Crippen LogP contribution < -0.4 is 10.1 Å². The molecule has 7 nitrogen and oxygen atoms in total. The second-order valence-electron chi connectivity index (χ2n) is 5.22. The molecule has 0 aliphatic carbocycles. The van der Waals surface area contributed by atoms with Gasteiger partial charge in [0.05, 0.1) is 7.11 Å². The second-order valence-corrected chi connectivity index (χ2v) is 5.22. The van der Waals surface area contributed by atoms with Gasteiger partial charge in [0.1, 0.15) is 12.3 Å². The largest absolute Gasteiger partial charge is 0.497 e. The minimum Gasteiger partial charge on any atom is -0.497 e. The van der Waals surface area contributed by atoms with Crippen LogP contribution in [-0.2, 0) is 16.1 Å². The number of aliphatic carboxylic acids is 1. The molecule has 0 radical (unpaired) electrons. The molecule has 0 saturated heterocycles. The molecule has 2 aromatic rings. The van der Waals surface area contributed by atoms with E-state index in [0.717, 1.165) is 11.3 Å². The third-order valence-corrected chi connectivity index (χ3v) is 3.36. The lowest BCUT2D eigenvalue weighted by Crippen LogP contribution is -2.15. The lowest BCUT2D eigenvalue weighted by molar-refractivity contribution is -0.137. The summed E-state index contributed by atoms with van der Waals surface area (Å²) in [6, 6.07) is 9.15. The van der Waals surface area contributed by atoms with E-state index in [-0.39, 0.29) is 18.4 Å². The molecule has 1 heterocycles. The third-order valence-electron chi connectivity index (χ3n) is 3.36. The van der Waals surface area contributed by atoms with Gasteiger partial charge >= 0.3 is 5.97 Å². The van der Waals surface area contributed by atoms with Crippen LogP contribution in [-0.4, -0.2) is 33.9 Å². The zero-order valence-electron chi connectivity index (χ0n) is 13.0. The van der Waals surface area contributed by atoms with Crippen molar-refractivity contribution in [2.24, 2.45) is 0 Å². The fraction of sp³-hybridized carbons (Fsp3) is 0.312. The Kier molecular flexibility index (Phi) is 5.35. The van der Waals surface area contributed by atoms with Crippen LogP contribution in [0, 0.1) is 0 Å². The minimum atomic E-state index is -0.988. The molecule has 23 heavy (non-hydrogen) atoms. The molecule has 0 bridgehead atoms. The zero-order valence-corrected chi connectivity index (χ0v) is 13.0. The summed E-state index contributed by atoms with van der Waals surface area (Å²) in [5.41, 5.74) is 1.01. The molecule has 0 saturated carbocycles. The smallest absolute Gasteiger partial charge is 0.325 e. The molecule has 0 aliphatic rings. The quantitative estimate of drug-likeness (QED) is 0.816. The van der Waals surface area contributed by atoms with Crippen molar-refractivity contribution in [1.29, 1.82) is 0 Å². The molecular weight excluding hydrogens is 298 g/mol. The van der Waals surface area contributed by atoms with Crippen molar-refractivity contribution < 1.29 is 19.4 Å². The van der Waals surface area contributed by atoms with E-state index in [2.05, 4.69) is 10.4 Å². The van der Waals surface area contributed by atoms with Crippen LogP contribution >= 0.6 is 0 Å². The first-order valence-electron chi connectivity index (χ1n) is 7.17. The maximum Gasteiger partial charge on any atom is 0.325 e. The summed E-state index contributed by atoms with van der Waals surface area (Å²) >= 11 is 0. The van der Waals surface area contributed by atoms with Crippen LogP contribution in [0.15, 0.2) is 36.5 Å². The van der Waals surface area contributed by atoms with Gasteiger partial charge in [0.25, 0.3) is 0 Å². The lowest BCUT2D eigenvalue weighted by atomic mass is 9.97. The SMILES string of the molecule is COc1cccc(C(C)CC(=O)Nc2ccn(CC(=O)O)n2)c1. The number of hydrogen-bond acceptors (Lipinski definition) is 4. The number of nitrogens with one attached hydrogen (secondary N) is 1. The Morgan fingerprint density at radius 1 is 1.39 bits per heavy atom. The summed E-state index contributed by atoms with van der Waals surface area (Å²) in [7, 11) is 1.60. The molecule has 1 aromatic heterocycles. The summed E-state index contributed by atoms with van der Waals surface area (Å²) in [5.74, 6) is -0.0546. The molecule has 7 heteroatoms. The van der Waals surface area contributed by atoms with Gasteiger partial charge in [-0.3, -0.25) is 14.3 Å². The van der Waals surface area contributed by atoms with Crippen molar-refractivity contribution in [2.75, 3.05) is 12.4 Å². The Balaban J connectivity index is 1.93. The van der Waals surface area contributed by atoms with Gasteiger partial charge in [-0.15, -0.1) is 0 Å². The number of carbonyl (C=O) groups is 2. The van der Waals surface area contributed by atoms with E-state index in [1.54, 1.807) is 13.2 Å². The molecular formula is C16H19N3O4. The summed E-state index contributed by atoms with van der Waals surface area (Å²) < 4.78 is 6.43. The van der Waals surface area contributed by atoms with Crippen LogP contribution in [0.1, 0.15) is 24.8 Å². The van der Waals surface area contributed by atoms with Crippen molar-refractivity contribution in [3.63, 3.8) is 0 Å².